The zero-order chi connectivity index (χ0) is 9.26. The maximum absolute atomic E-state index is 5.37. The molecule has 1 heterocycles. The molecule has 0 radical (unpaired) electrons. The zero-order valence-electron chi connectivity index (χ0n) is 6.78. The van der Waals surface area contributed by atoms with Gasteiger partial charge in [0.1, 0.15) is 0 Å². The predicted octanol–water partition coefficient (Wildman–Crippen LogP) is 2.56. The van der Waals surface area contributed by atoms with Crippen LogP contribution in [-0.4, -0.2) is 5.11 Å². The average Bonchev–Trinajstić information content (AvgIpc) is 2.49. The van der Waals surface area contributed by atoms with Crippen LogP contribution in [0.15, 0.2) is 29.6 Å². The van der Waals surface area contributed by atoms with Crippen LogP contribution in [0.25, 0.3) is 10.1 Å². The van der Waals surface area contributed by atoms with Gasteiger partial charge in [0.15, 0.2) is 5.11 Å². The van der Waals surface area contributed by atoms with Crippen LogP contribution < -0.4 is 11.1 Å². The molecule has 3 N–H and O–H groups in total. The lowest BCUT2D eigenvalue weighted by Crippen LogP contribution is -2.18. The highest BCUT2D eigenvalue weighted by molar-refractivity contribution is 7.80. The van der Waals surface area contributed by atoms with Crippen LogP contribution in [0.4, 0.5) is 5.69 Å². The van der Waals surface area contributed by atoms with Gasteiger partial charge in [0, 0.05) is 10.4 Å². The van der Waals surface area contributed by atoms with Crippen molar-refractivity contribution in [3.05, 3.63) is 29.6 Å². The topological polar surface area (TPSA) is 38.0 Å². The third kappa shape index (κ3) is 1.79. The Morgan fingerprint density at radius 3 is 3.00 bits per heavy atom. The molecule has 4 heteroatoms. The molecular weight excluding hydrogens is 200 g/mol. The summed E-state index contributed by atoms with van der Waals surface area (Å²) in [6, 6.07) is 8.14. The Kier molecular flexibility index (Phi) is 2.16. The van der Waals surface area contributed by atoms with E-state index in [0.29, 0.717) is 5.11 Å². The molecule has 0 unspecified atom stereocenters. The summed E-state index contributed by atoms with van der Waals surface area (Å²) in [5, 5.41) is 6.52. The molecule has 2 rings (SSSR count). The third-order valence-corrected chi connectivity index (χ3v) is 2.71. The summed E-state index contributed by atoms with van der Waals surface area (Å²) < 4.78 is 1.24. The predicted molar refractivity (Wildman–Crippen MR) is 62.2 cm³/mol. The summed E-state index contributed by atoms with van der Waals surface area (Å²) in [6.45, 7) is 0. The molecule has 1 aromatic carbocycles. The van der Waals surface area contributed by atoms with Crippen LogP contribution >= 0.6 is 23.6 Å². The van der Waals surface area contributed by atoms with Gasteiger partial charge in [0.05, 0.1) is 0 Å². The van der Waals surface area contributed by atoms with E-state index in [9.17, 15) is 0 Å². The Morgan fingerprint density at radius 1 is 1.38 bits per heavy atom. The standard InChI is InChI=1S/C9H8N2S2/c10-9(12)11-7-2-1-6-3-4-13-8(6)5-7/h1-5H,(H3,10,11,12). The van der Waals surface area contributed by atoms with E-state index in [1.807, 2.05) is 18.2 Å². The molecule has 66 valence electrons. The number of hydrogen-bond acceptors (Lipinski definition) is 2. The van der Waals surface area contributed by atoms with Crippen molar-refractivity contribution in [2.45, 2.75) is 0 Å². The molecule has 1 aromatic heterocycles. The quantitative estimate of drug-likeness (QED) is 0.707. The first-order chi connectivity index (χ1) is 6.25. The minimum Gasteiger partial charge on any atom is -0.376 e. The van der Waals surface area contributed by atoms with Gasteiger partial charge in [-0.1, -0.05) is 6.07 Å². The van der Waals surface area contributed by atoms with Crippen molar-refractivity contribution in [1.82, 2.24) is 0 Å². The molecule has 2 aromatic rings. The highest BCUT2D eigenvalue weighted by Crippen LogP contribution is 2.23. The van der Waals surface area contributed by atoms with Gasteiger partial charge in [-0.3, -0.25) is 0 Å². The van der Waals surface area contributed by atoms with Crippen LogP contribution in [-0.2, 0) is 0 Å². The van der Waals surface area contributed by atoms with Crippen molar-refractivity contribution < 1.29 is 0 Å². The summed E-state index contributed by atoms with van der Waals surface area (Å²) >= 11 is 6.45. The van der Waals surface area contributed by atoms with Gasteiger partial charge in [0.25, 0.3) is 0 Å². The van der Waals surface area contributed by atoms with Gasteiger partial charge in [-0.15, -0.1) is 11.3 Å². The molecule has 0 bridgehead atoms. The van der Waals surface area contributed by atoms with Crippen molar-refractivity contribution in [3.63, 3.8) is 0 Å². The molecule has 13 heavy (non-hydrogen) atoms. The first kappa shape index (κ1) is 8.47. The Morgan fingerprint density at radius 2 is 2.23 bits per heavy atom. The van der Waals surface area contributed by atoms with Gasteiger partial charge < -0.3 is 11.1 Å². The number of nitrogens with one attached hydrogen (secondary N) is 1. The van der Waals surface area contributed by atoms with Crippen molar-refractivity contribution in [2.75, 3.05) is 5.32 Å². The Labute approximate surface area is 85.4 Å². The summed E-state index contributed by atoms with van der Waals surface area (Å²) in [6.07, 6.45) is 0. The molecular formula is C9H8N2S2. The van der Waals surface area contributed by atoms with E-state index in [2.05, 4.69) is 16.8 Å². The molecule has 0 saturated heterocycles. The largest absolute Gasteiger partial charge is 0.376 e. The van der Waals surface area contributed by atoms with Crippen LogP contribution in [0.5, 0.6) is 0 Å². The van der Waals surface area contributed by atoms with Crippen LogP contribution in [0, 0.1) is 0 Å². The number of rotatable bonds is 1. The normalized spacial score (nSPS) is 10.2. The SMILES string of the molecule is NC(=S)Nc1ccc2ccsc2c1. The van der Waals surface area contributed by atoms with Gasteiger partial charge in [-0.25, -0.2) is 0 Å². The lowest BCUT2D eigenvalue weighted by molar-refractivity contribution is 1.65. The molecule has 0 amide bonds. The van der Waals surface area contributed by atoms with Crippen LogP contribution in [0.1, 0.15) is 0 Å². The molecule has 0 spiro atoms. The highest BCUT2D eigenvalue weighted by atomic mass is 32.1. The number of thiophene rings is 1. The Balaban J connectivity index is 2.42. The maximum atomic E-state index is 5.37. The fraction of sp³-hybridized carbons (Fsp3) is 0. The van der Waals surface area contributed by atoms with Crippen molar-refractivity contribution in [2.24, 2.45) is 5.73 Å². The molecule has 0 aliphatic heterocycles. The summed E-state index contributed by atoms with van der Waals surface area (Å²) in [7, 11) is 0. The number of hydrogen-bond donors (Lipinski definition) is 2. The second-order valence-electron chi connectivity index (χ2n) is 2.66. The van der Waals surface area contributed by atoms with Gasteiger partial charge in [-0.05, 0) is 41.2 Å². The third-order valence-electron chi connectivity index (χ3n) is 1.72. The van der Waals surface area contributed by atoms with E-state index in [1.165, 1.54) is 10.1 Å². The molecule has 0 aliphatic carbocycles. The molecule has 2 nitrogen and oxygen atoms in total. The first-order valence-electron chi connectivity index (χ1n) is 3.79. The summed E-state index contributed by atoms with van der Waals surface area (Å²) in [5.74, 6) is 0. The molecule has 0 aliphatic rings. The minimum atomic E-state index is 0.302. The fourth-order valence-electron chi connectivity index (χ4n) is 1.17. The van der Waals surface area contributed by atoms with Crippen molar-refractivity contribution in [3.8, 4) is 0 Å². The summed E-state index contributed by atoms with van der Waals surface area (Å²) in [5.41, 5.74) is 6.31. The summed E-state index contributed by atoms with van der Waals surface area (Å²) in [4.78, 5) is 0. The van der Waals surface area contributed by atoms with E-state index in [1.54, 1.807) is 11.3 Å². The highest BCUT2D eigenvalue weighted by Gasteiger charge is 1.97. The second kappa shape index (κ2) is 3.32. The second-order valence-corrected chi connectivity index (χ2v) is 4.05. The fourth-order valence-corrected chi connectivity index (χ4v) is 2.12. The van der Waals surface area contributed by atoms with Crippen molar-refractivity contribution >= 4 is 44.4 Å². The number of anilines is 1. The van der Waals surface area contributed by atoms with E-state index in [-0.39, 0.29) is 0 Å². The zero-order valence-corrected chi connectivity index (χ0v) is 8.41. The number of fused-ring (bicyclic) bond motifs is 1. The van der Waals surface area contributed by atoms with E-state index >= 15 is 0 Å². The van der Waals surface area contributed by atoms with E-state index in [4.69, 9.17) is 18.0 Å². The minimum absolute atomic E-state index is 0.302. The number of benzene rings is 1. The Bertz CT molecular complexity index is 448. The maximum Gasteiger partial charge on any atom is 0.168 e. The van der Waals surface area contributed by atoms with Gasteiger partial charge in [-0.2, -0.15) is 0 Å². The lowest BCUT2D eigenvalue weighted by Gasteiger charge is -2.02. The number of nitrogens with two attached hydrogens (primary N) is 1. The van der Waals surface area contributed by atoms with Crippen LogP contribution in [0.3, 0.4) is 0 Å². The molecule has 0 atom stereocenters. The first-order valence-corrected chi connectivity index (χ1v) is 5.08. The van der Waals surface area contributed by atoms with E-state index in [0.717, 1.165) is 5.69 Å². The molecule has 0 fully saturated rings. The smallest absolute Gasteiger partial charge is 0.168 e. The van der Waals surface area contributed by atoms with Crippen molar-refractivity contribution in [1.29, 1.82) is 0 Å². The van der Waals surface area contributed by atoms with Gasteiger partial charge in [0.2, 0.25) is 0 Å². The average molecular weight is 208 g/mol. The van der Waals surface area contributed by atoms with E-state index < -0.39 is 0 Å². The monoisotopic (exact) mass is 208 g/mol. The Hall–Kier alpha value is -1.13. The molecule has 0 saturated carbocycles. The van der Waals surface area contributed by atoms with Gasteiger partial charge >= 0.3 is 0 Å². The number of thiocarbonyl (C=S) groups is 1. The van der Waals surface area contributed by atoms with Crippen LogP contribution in [0.2, 0.25) is 0 Å². The lowest BCUT2D eigenvalue weighted by atomic mass is 10.2.